The Kier molecular flexibility index (Phi) is 8.76. The highest BCUT2D eigenvalue weighted by Crippen LogP contribution is 2.27. The van der Waals surface area contributed by atoms with Crippen LogP contribution in [0.1, 0.15) is 41.6 Å². The number of carboxylic acid groups (broad SMARTS) is 1. The second-order valence-electron chi connectivity index (χ2n) is 8.84. The third-order valence-electron chi connectivity index (χ3n) is 6.12. The first-order chi connectivity index (χ1) is 18.4. The molecular formula is C28H29N3O7. The molecule has 1 aliphatic carbocycles. The number of anilines is 1. The summed E-state index contributed by atoms with van der Waals surface area (Å²) in [5.41, 5.74) is 0.911. The molecule has 3 N–H and O–H groups in total. The number of aromatic nitrogens is 1. The fourth-order valence-electron chi connectivity index (χ4n) is 4.23. The average molecular weight is 520 g/mol. The van der Waals surface area contributed by atoms with E-state index in [-0.39, 0.29) is 35.7 Å². The zero-order chi connectivity index (χ0) is 26.9. The summed E-state index contributed by atoms with van der Waals surface area (Å²) in [7, 11) is 1.34. The average Bonchev–Trinajstić information content (AvgIpc) is 2.92. The van der Waals surface area contributed by atoms with E-state index in [1.165, 1.54) is 19.4 Å². The number of nitrogens with zero attached hydrogens (tertiary/aromatic N) is 1. The molecule has 0 bridgehead atoms. The smallest absolute Gasteiger partial charge is 0.407 e. The van der Waals surface area contributed by atoms with Gasteiger partial charge in [0, 0.05) is 12.3 Å². The molecule has 0 unspecified atom stereocenters. The summed E-state index contributed by atoms with van der Waals surface area (Å²) in [5, 5.41) is 14.7. The molecule has 1 saturated carbocycles. The zero-order valence-electron chi connectivity index (χ0n) is 20.9. The van der Waals surface area contributed by atoms with Gasteiger partial charge in [0.1, 0.15) is 17.6 Å². The number of alkyl carbamates (subject to hydrolysis) is 1. The van der Waals surface area contributed by atoms with E-state index in [0.29, 0.717) is 22.9 Å². The number of benzene rings is 2. The second-order valence-corrected chi connectivity index (χ2v) is 8.84. The van der Waals surface area contributed by atoms with Crippen LogP contribution in [0.3, 0.4) is 0 Å². The Bertz CT molecular complexity index is 1260. The number of carbonyl (C=O) groups excluding carboxylic acids is 2. The standard InChI is InChI=1S/C28H29N3O7/c1-36-28(35)31-23-8-4-5-9-24(23)37-19-11-13-20(14-12-19)38-26-15-10-18(17-29-26)16-25(32)30-22-7-3-2-6-21(22)27(33)34/h2-3,6-7,10-15,17,23-24H,4-5,8-9,16H2,1H3,(H,30,32)(H,31,35)(H,33,34)/t23-,24-/m0/s1. The number of amides is 2. The number of rotatable bonds is 9. The van der Waals surface area contributed by atoms with Gasteiger partial charge in [-0.3, -0.25) is 4.79 Å². The predicted octanol–water partition coefficient (Wildman–Crippen LogP) is 4.80. The van der Waals surface area contributed by atoms with Crippen molar-refractivity contribution in [2.75, 3.05) is 12.4 Å². The molecule has 1 aromatic heterocycles. The van der Waals surface area contributed by atoms with Crippen LogP contribution in [0.25, 0.3) is 0 Å². The summed E-state index contributed by atoms with van der Waals surface area (Å²) in [5.74, 6) is 0.117. The number of pyridine rings is 1. The Morgan fingerprint density at radius 2 is 1.71 bits per heavy atom. The van der Waals surface area contributed by atoms with Crippen LogP contribution in [0.5, 0.6) is 17.4 Å². The van der Waals surface area contributed by atoms with Crippen LogP contribution in [-0.4, -0.2) is 47.3 Å². The molecule has 1 heterocycles. The van der Waals surface area contributed by atoms with E-state index in [4.69, 9.17) is 14.2 Å². The van der Waals surface area contributed by atoms with Crippen molar-refractivity contribution in [1.29, 1.82) is 0 Å². The maximum Gasteiger partial charge on any atom is 0.407 e. The minimum Gasteiger partial charge on any atom is -0.488 e. The quantitative estimate of drug-likeness (QED) is 0.367. The van der Waals surface area contributed by atoms with Crippen LogP contribution in [0.15, 0.2) is 66.9 Å². The highest BCUT2D eigenvalue weighted by atomic mass is 16.5. The van der Waals surface area contributed by atoms with E-state index >= 15 is 0 Å². The van der Waals surface area contributed by atoms with Crippen LogP contribution in [0.2, 0.25) is 0 Å². The Balaban J connectivity index is 1.30. The monoisotopic (exact) mass is 519 g/mol. The molecule has 4 rings (SSSR count). The fraction of sp³-hybridized carbons (Fsp3) is 0.286. The van der Waals surface area contributed by atoms with Crippen LogP contribution in [-0.2, 0) is 16.0 Å². The van der Waals surface area contributed by atoms with Gasteiger partial charge >= 0.3 is 12.1 Å². The van der Waals surface area contributed by atoms with Gasteiger partial charge < -0.3 is 30.0 Å². The molecule has 10 nitrogen and oxygen atoms in total. The van der Waals surface area contributed by atoms with Crippen molar-refractivity contribution in [1.82, 2.24) is 10.3 Å². The first-order valence-electron chi connectivity index (χ1n) is 12.3. The van der Waals surface area contributed by atoms with Crippen LogP contribution in [0, 0.1) is 0 Å². The molecule has 10 heteroatoms. The molecule has 2 amide bonds. The van der Waals surface area contributed by atoms with E-state index in [1.807, 2.05) is 0 Å². The summed E-state index contributed by atoms with van der Waals surface area (Å²) in [6, 6.07) is 16.6. The van der Waals surface area contributed by atoms with Gasteiger partial charge in [-0.05, 0) is 61.2 Å². The molecule has 2 aromatic carbocycles. The molecular weight excluding hydrogens is 490 g/mol. The minimum absolute atomic E-state index is 0.0237. The van der Waals surface area contributed by atoms with Crippen molar-refractivity contribution in [3.8, 4) is 17.4 Å². The maximum atomic E-state index is 12.4. The van der Waals surface area contributed by atoms with Crippen molar-refractivity contribution in [3.63, 3.8) is 0 Å². The number of carboxylic acids is 1. The van der Waals surface area contributed by atoms with Crippen molar-refractivity contribution < 1.29 is 33.7 Å². The minimum atomic E-state index is -1.11. The first-order valence-corrected chi connectivity index (χ1v) is 12.3. The lowest BCUT2D eigenvalue weighted by molar-refractivity contribution is -0.115. The highest BCUT2D eigenvalue weighted by Gasteiger charge is 2.28. The van der Waals surface area contributed by atoms with Gasteiger partial charge in [0.2, 0.25) is 11.8 Å². The van der Waals surface area contributed by atoms with Crippen molar-refractivity contribution in [3.05, 3.63) is 78.0 Å². The van der Waals surface area contributed by atoms with E-state index in [1.54, 1.807) is 54.6 Å². The van der Waals surface area contributed by atoms with Crippen molar-refractivity contribution >= 4 is 23.7 Å². The number of methoxy groups -OCH3 is 1. The lowest BCUT2D eigenvalue weighted by Crippen LogP contribution is -2.47. The van der Waals surface area contributed by atoms with Crippen molar-refractivity contribution in [2.45, 2.75) is 44.2 Å². The van der Waals surface area contributed by atoms with E-state index in [9.17, 15) is 19.5 Å². The molecule has 0 saturated heterocycles. The molecule has 0 radical (unpaired) electrons. The summed E-state index contributed by atoms with van der Waals surface area (Å²) < 4.78 is 16.6. The van der Waals surface area contributed by atoms with Gasteiger partial charge in [-0.15, -0.1) is 0 Å². The van der Waals surface area contributed by atoms with Crippen molar-refractivity contribution in [2.24, 2.45) is 0 Å². The van der Waals surface area contributed by atoms with Crippen LogP contribution < -0.4 is 20.1 Å². The summed E-state index contributed by atoms with van der Waals surface area (Å²) in [6.45, 7) is 0. The second kappa shape index (κ2) is 12.6. The number of aromatic carboxylic acids is 1. The molecule has 1 fully saturated rings. The number of carbonyl (C=O) groups is 3. The normalized spacial score (nSPS) is 16.7. The highest BCUT2D eigenvalue weighted by molar-refractivity contribution is 6.00. The number of hydrogen-bond donors (Lipinski definition) is 3. The molecule has 1 aliphatic rings. The van der Waals surface area contributed by atoms with Gasteiger partial charge in [-0.2, -0.15) is 0 Å². The van der Waals surface area contributed by atoms with Gasteiger partial charge in [0.05, 0.1) is 30.8 Å². The number of ether oxygens (including phenoxy) is 3. The molecule has 3 aromatic rings. The Morgan fingerprint density at radius 3 is 2.42 bits per heavy atom. The predicted molar refractivity (Wildman–Crippen MR) is 139 cm³/mol. The third kappa shape index (κ3) is 7.22. The topological polar surface area (TPSA) is 136 Å². The Labute approximate surface area is 219 Å². The maximum absolute atomic E-state index is 12.4. The van der Waals surface area contributed by atoms with Gasteiger partial charge in [-0.1, -0.05) is 24.6 Å². The molecule has 0 aliphatic heterocycles. The van der Waals surface area contributed by atoms with E-state index in [2.05, 4.69) is 15.6 Å². The van der Waals surface area contributed by atoms with E-state index < -0.39 is 12.1 Å². The summed E-state index contributed by atoms with van der Waals surface area (Å²) in [6.07, 6.45) is 4.69. The van der Waals surface area contributed by atoms with Crippen LogP contribution >= 0.6 is 0 Å². The van der Waals surface area contributed by atoms with Crippen LogP contribution in [0.4, 0.5) is 10.5 Å². The summed E-state index contributed by atoms with van der Waals surface area (Å²) in [4.78, 5) is 39.6. The Morgan fingerprint density at radius 1 is 0.974 bits per heavy atom. The summed E-state index contributed by atoms with van der Waals surface area (Å²) >= 11 is 0. The lowest BCUT2D eigenvalue weighted by atomic mass is 9.92. The third-order valence-corrected chi connectivity index (χ3v) is 6.12. The fourth-order valence-corrected chi connectivity index (χ4v) is 4.23. The lowest BCUT2D eigenvalue weighted by Gasteiger charge is -2.32. The number of hydrogen-bond acceptors (Lipinski definition) is 7. The molecule has 198 valence electrons. The first kappa shape index (κ1) is 26.5. The zero-order valence-corrected chi connectivity index (χ0v) is 20.9. The van der Waals surface area contributed by atoms with Gasteiger partial charge in [0.15, 0.2) is 0 Å². The molecule has 38 heavy (non-hydrogen) atoms. The largest absolute Gasteiger partial charge is 0.488 e. The molecule has 2 atom stereocenters. The number of para-hydroxylation sites is 1. The number of nitrogens with one attached hydrogen (secondary N) is 2. The van der Waals surface area contributed by atoms with Gasteiger partial charge in [-0.25, -0.2) is 14.6 Å². The van der Waals surface area contributed by atoms with Gasteiger partial charge in [0.25, 0.3) is 0 Å². The van der Waals surface area contributed by atoms with E-state index in [0.717, 1.165) is 25.7 Å². The molecule has 0 spiro atoms. The Hall–Kier alpha value is -4.60. The SMILES string of the molecule is COC(=O)N[C@H]1CCCC[C@@H]1Oc1ccc(Oc2ccc(CC(=O)Nc3ccccc3C(=O)O)cn2)cc1.